The number of ether oxygens (including phenoxy) is 1. The van der Waals surface area contributed by atoms with Crippen LogP contribution in [0.15, 0.2) is 42.6 Å². The minimum absolute atomic E-state index is 0.287. The van der Waals surface area contributed by atoms with Crippen LogP contribution in [0.1, 0.15) is 36.6 Å². The van der Waals surface area contributed by atoms with Gasteiger partial charge in [0.1, 0.15) is 0 Å². The van der Waals surface area contributed by atoms with Gasteiger partial charge in [-0.3, -0.25) is 14.9 Å². The highest BCUT2D eigenvalue weighted by Gasteiger charge is 2.30. The number of hydrogen-bond donors (Lipinski definition) is 1. The Kier molecular flexibility index (Phi) is 5.45. The maximum atomic E-state index is 6.19. The van der Waals surface area contributed by atoms with Crippen molar-refractivity contribution in [1.82, 2.24) is 20.0 Å². The molecule has 1 aromatic carbocycles. The number of rotatable bonds is 5. The molecule has 0 radical (unpaired) electrons. The molecular weight excluding hydrogens is 312 g/mol. The first-order chi connectivity index (χ1) is 12.4. The largest absolute Gasteiger partial charge is 0.376 e. The van der Waals surface area contributed by atoms with Crippen molar-refractivity contribution >= 4 is 0 Å². The molecule has 2 atom stereocenters. The van der Waals surface area contributed by atoms with Gasteiger partial charge in [0.25, 0.3) is 0 Å². The summed E-state index contributed by atoms with van der Waals surface area (Å²) >= 11 is 0. The topological polar surface area (TPSA) is 44.4 Å². The molecule has 0 amide bonds. The first-order valence-electron chi connectivity index (χ1n) is 9.50. The highest BCUT2D eigenvalue weighted by molar-refractivity contribution is 5.14. The van der Waals surface area contributed by atoms with E-state index in [1.807, 2.05) is 6.20 Å². The minimum Gasteiger partial charge on any atom is -0.376 e. The Balaban J connectivity index is 1.37. The molecule has 2 fully saturated rings. The third kappa shape index (κ3) is 4.29. The summed E-state index contributed by atoms with van der Waals surface area (Å²) in [5, 5.41) is 7.29. The number of aromatic amines is 1. The average Bonchev–Trinajstić information content (AvgIpc) is 3.26. The Morgan fingerprint density at radius 2 is 2.04 bits per heavy atom. The summed E-state index contributed by atoms with van der Waals surface area (Å²) in [6.45, 7) is 6.19. The number of nitrogens with zero attached hydrogens (tertiary/aromatic N) is 3. The first-order valence-corrected chi connectivity index (χ1v) is 9.50. The summed E-state index contributed by atoms with van der Waals surface area (Å²) in [6.07, 6.45) is 5.73. The fourth-order valence-electron chi connectivity index (χ4n) is 4.18. The molecule has 0 bridgehead atoms. The Bertz CT molecular complexity index is 630. The molecule has 25 heavy (non-hydrogen) atoms. The van der Waals surface area contributed by atoms with Crippen molar-refractivity contribution in [1.29, 1.82) is 0 Å². The Morgan fingerprint density at radius 3 is 2.88 bits per heavy atom. The van der Waals surface area contributed by atoms with E-state index in [1.165, 1.54) is 24.1 Å². The average molecular weight is 340 g/mol. The molecule has 2 saturated heterocycles. The van der Waals surface area contributed by atoms with Gasteiger partial charge in [0, 0.05) is 39.0 Å². The molecule has 0 saturated carbocycles. The van der Waals surface area contributed by atoms with Crippen molar-refractivity contribution in [2.75, 3.05) is 32.8 Å². The van der Waals surface area contributed by atoms with Gasteiger partial charge < -0.3 is 4.74 Å². The van der Waals surface area contributed by atoms with E-state index in [1.54, 1.807) is 0 Å². The van der Waals surface area contributed by atoms with Gasteiger partial charge in [-0.05, 0) is 37.4 Å². The van der Waals surface area contributed by atoms with E-state index in [0.717, 1.165) is 45.8 Å². The highest BCUT2D eigenvalue weighted by atomic mass is 16.5. The number of likely N-dealkylation sites (tertiary alicyclic amines) is 1. The van der Waals surface area contributed by atoms with Crippen LogP contribution in [-0.2, 0) is 11.3 Å². The zero-order chi connectivity index (χ0) is 16.9. The molecule has 0 aliphatic carbocycles. The first kappa shape index (κ1) is 16.8. The smallest absolute Gasteiger partial charge is 0.0828 e. The van der Waals surface area contributed by atoms with E-state index >= 15 is 0 Å². The van der Waals surface area contributed by atoms with Crippen molar-refractivity contribution < 1.29 is 4.74 Å². The Morgan fingerprint density at radius 1 is 1.12 bits per heavy atom. The van der Waals surface area contributed by atoms with Crippen LogP contribution < -0.4 is 0 Å². The standard InChI is InChI=1S/C20H28N4O/c1-2-6-17(7-3-1)14-23-11-5-13-25-18(15-23)16-24-12-4-8-20(24)19-9-10-21-22-19/h1-3,6-7,9-10,18,20H,4-5,8,11-16H2,(H,21,22)/t18-,20+/m0/s1. The summed E-state index contributed by atoms with van der Waals surface area (Å²) in [4.78, 5) is 5.12. The second-order valence-corrected chi connectivity index (χ2v) is 7.23. The van der Waals surface area contributed by atoms with Crippen LogP contribution in [0.5, 0.6) is 0 Å². The van der Waals surface area contributed by atoms with Crippen LogP contribution in [-0.4, -0.2) is 58.9 Å². The predicted molar refractivity (Wildman–Crippen MR) is 98.2 cm³/mol. The third-order valence-corrected chi connectivity index (χ3v) is 5.37. The molecule has 1 N–H and O–H groups in total. The van der Waals surface area contributed by atoms with Gasteiger partial charge in [-0.2, -0.15) is 5.10 Å². The molecule has 2 aromatic rings. The quantitative estimate of drug-likeness (QED) is 0.909. The molecule has 0 spiro atoms. The zero-order valence-corrected chi connectivity index (χ0v) is 14.8. The van der Waals surface area contributed by atoms with Crippen LogP contribution in [0.3, 0.4) is 0 Å². The van der Waals surface area contributed by atoms with Gasteiger partial charge >= 0.3 is 0 Å². The van der Waals surface area contributed by atoms with E-state index in [0.29, 0.717) is 6.04 Å². The van der Waals surface area contributed by atoms with Gasteiger partial charge in [0.2, 0.25) is 0 Å². The van der Waals surface area contributed by atoms with Crippen LogP contribution in [0.4, 0.5) is 0 Å². The lowest BCUT2D eigenvalue weighted by Crippen LogP contribution is -2.40. The lowest BCUT2D eigenvalue weighted by atomic mass is 10.1. The highest BCUT2D eigenvalue weighted by Crippen LogP contribution is 2.31. The number of H-pyrrole nitrogens is 1. The third-order valence-electron chi connectivity index (χ3n) is 5.37. The summed E-state index contributed by atoms with van der Waals surface area (Å²) in [5.41, 5.74) is 2.63. The maximum absolute atomic E-state index is 6.19. The van der Waals surface area contributed by atoms with Crippen LogP contribution in [0.2, 0.25) is 0 Å². The molecule has 1 aromatic heterocycles. The van der Waals surface area contributed by atoms with Gasteiger partial charge in [0.15, 0.2) is 0 Å². The number of benzene rings is 1. The van der Waals surface area contributed by atoms with Gasteiger partial charge in [0.05, 0.1) is 17.8 Å². The SMILES string of the molecule is c1ccc(CN2CCCO[C@H](CN3CCC[C@@H]3c3ccn[nH]3)C2)cc1. The van der Waals surface area contributed by atoms with Crippen LogP contribution >= 0.6 is 0 Å². The predicted octanol–water partition coefficient (Wildman–Crippen LogP) is 2.84. The summed E-state index contributed by atoms with van der Waals surface area (Å²) in [5.74, 6) is 0. The van der Waals surface area contributed by atoms with Crippen LogP contribution in [0, 0.1) is 0 Å². The zero-order valence-electron chi connectivity index (χ0n) is 14.8. The minimum atomic E-state index is 0.287. The number of aromatic nitrogens is 2. The summed E-state index contributed by atoms with van der Waals surface area (Å²) in [6, 6.07) is 13.3. The Hall–Kier alpha value is -1.69. The van der Waals surface area contributed by atoms with Crippen LogP contribution in [0.25, 0.3) is 0 Å². The summed E-state index contributed by atoms with van der Waals surface area (Å²) in [7, 11) is 0. The normalized spacial score (nSPS) is 25.9. The van der Waals surface area contributed by atoms with E-state index in [2.05, 4.69) is 56.4 Å². The van der Waals surface area contributed by atoms with Gasteiger partial charge in [-0.25, -0.2) is 0 Å². The van der Waals surface area contributed by atoms with Crippen molar-refractivity contribution in [3.63, 3.8) is 0 Å². The molecule has 5 nitrogen and oxygen atoms in total. The molecule has 134 valence electrons. The lowest BCUT2D eigenvalue weighted by Gasteiger charge is -2.30. The molecule has 5 heteroatoms. The fraction of sp³-hybridized carbons (Fsp3) is 0.550. The van der Waals surface area contributed by atoms with E-state index in [9.17, 15) is 0 Å². The molecule has 3 heterocycles. The molecular formula is C20H28N4O. The molecule has 2 aliphatic rings. The second-order valence-electron chi connectivity index (χ2n) is 7.23. The number of nitrogens with one attached hydrogen (secondary N) is 1. The van der Waals surface area contributed by atoms with Gasteiger partial charge in [-0.15, -0.1) is 0 Å². The van der Waals surface area contributed by atoms with Crippen molar-refractivity contribution in [2.24, 2.45) is 0 Å². The molecule has 0 unspecified atom stereocenters. The maximum Gasteiger partial charge on any atom is 0.0828 e. The molecule has 4 rings (SSSR count). The van der Waals surface area contributed by atoms with E-state index in [-0.39, 0.29) is 6.10 Å². The monoisotopic (exact) mass is 340 g/mol. The lowest BCUT2D eigenvalue weighted by molar-refractivity contribution is 0.0223. The summed E-state index contributed by atoms with van der Waals surface area (Å²) < 4.78 is 6.19. The van der Waals surface area contributed by atoms with E-state index in [4.69, 9.17) is 4.74 Å². The molecule has 2 aliphatic heterocycles. The van der Waals surface area contributed by atoms with Gasteiger partial charge in [-0.1, -0.05) is 30.3 Å². The van der Waals surface area contributed by atoms with E-state index < -0.39 is 0 Å². The second kappa shape index (κ2) is 8.13. The Labute approximate surface area is 150 Å². The fourth-order valence-corrected chi connectivity index (χ4v) is 4.18. The number of hydrogen-bond acceptors (Lipinski definition) is 4. The van der Waals surface area contributed by atoms with Crippen molar-refractivity contribution in [3.05, 3.63) is 53.9 Å². The van der Waals surface area contributed by atoms with Crippen molar-refractivity contribution in [3.8, 4) is 0 Å². The van der Waals surface area contributed by atoms with Crippen molar-refractivity contribution in [2.45, 2.75) is 38.0 Å².